The number of nitrogens with zero attached hydrogens (tertiary/aromatic N) is 1. The van der Waals surface area contributed by atoms with E-state index in [1.54, 1.807) is 12.1 Å². The summed E-state index contributed by atoms with van der Waals surface area (Å²) in [7, 11) is -3.00. The van der Waals surface area contributed by atoms with Crippen molar-refractivity contribution in [2.45, 2.75) is 18.9 Å². The van der Waals surface area contributed by atoms with Crippen LogP contribution in [0.3, 0.4) is 0 Å². The van der Waals surface area contributed by atoms with Crippen LogP contribution in [0.5, 0.6) is 0 Å². The molecule has 1 aromatic heterocycles. The molecule has 98 valence electrons. The van der Waals surface area contributed by atoms with Gasteiger partial charge in [0.1, 0.15) is 4.60 Å². The summed E-state index contributed by atoms with van der Waals surface area (Å²) in [6, 6.07) is 3.02. The second kappa shape index (κ2) is 5.36. The third-order valence-corrected chi connectivity index (χ3v) is 5.08. The van der Waals surface area contributed by atoms with E-state index < -0.39 is 9.84 Å². The molecule has 0 aromatic carbocycles. The normalized spacial score (nSPS) is 22.4. The lowest BCUT2D eigenvalue weighted by Crippen LogP contribution is -2.43. The fraction of sp³-hybridized carbons (Fsp3) is 0.455. The lowest BCUT2D eigenvalue weighted by molar-refractivity contribution is 0.0938. The Morgan fingerprint density at radius 3 is 2.83 bits per heavy atom. The van der Waals surface area contributed by atoms with Crippen molar-refractivity contribution in [3.63, 3.8) is 0 Å². The minimum Gasteiger partial charge on any atom is -0.348 e. The molecule has 1 unspecified atom stereocenters. The quantitative estimate of drug-likeness (QED) is 0.824. The zero-order chi connectivity index (χ0) is 13.2. The molecule has 1 aromatic rings. The number of nitrogens with one attached hydrogen (secondary N) is 1. The van der Waals surface area contributed by atoms with Crippen LogP contribution in [0.2, 0.25) is 0 Å². The van der Waals surface area contributed by atoms with Crippen LogP contribution >= 0.6 is 15.9 Å². The zero-order valence-electron chi connectivity index (χ0n) is 9.60. The van der Waals surface area contributed by atoms with Gasteiger partial charge in [0.2, 0.25) is 0 Å². The van der Waals surface area contributed by atoms with Crippen LogP contribution in [0.15, 0.2) is 22.9 Å². The summed E-state index contributed by atoms with van der Waals surface area (Å²) in [5.74, 6) is -0.0286. The van der Waals surface area contributed by atoms with Crippen LogP contribution in [0.4, 0.5) is 0 Å². The van der Waals surface area contributed by atoms with Crippen LogP contribution in [0, 0.1) is 0 Å². The van der Waals surface area contributed by atoms with Gasteiger partial charge in [-0.3, -0.25) is 4.79 Å². The average Bonchev–Trinajstić information content (AvgIpc) is 2.28. The highest BCUT2D eigenvalue weighted by atomic mass is 79.9. The second-order valence-corrected chi connectivity index (χ2v) is 7.34. The van der Waals surface area contributed by atoms with Gasteiger partial charge in [-0.25, -0.2) is 13.4 Å². The Morgan fingerprint density at radius 2 is 2.22 bits per heavy atom. The maximum atomic E-state index is 11.9. The Morgan fingerprint density at radius 1 is 1.44 bits per heavy atom. The maximum absolute atomic E-state index is 11.9. The van der Waals surface area contributed by atoms with Crippen molar-refractivity contribution < 1.29 is 13.2 Å². The van der Waals surface area contributed by atoms with Crippen molar-refractivity contribution >= 4 is 31.7 Å². The summed E-state index contributed by atoms with van der Waals surface area (Å²) >= 11 is 3.19. The molecule has 2 rings (SSSR count). The number of amides is 1. The number of hydrogen-bond donors (Lipinski definition) is 1. The lowest BCUT2D eigenvalue weighted by Gasteiger charge is -2.22. The van der Waals surface area contributed by atoms with Crippen molar-refractivity contribution in [1.29, 1.82) is 0 Å². The minimum absolute atomic E-state index is 0.0305. The van der Waals surface area contributed by atoms with Crippen molar-refractivity contribution in [3.8, 4) is 0 Å². The van der Waals surface area contributed by atoms with E-state index in [2.05, 4.69) is 26.2 Å². The van der Waals surface area contributed by atoms with Gasteiger partial charge in [-0.1, -0.05) is 0 Å². The SMILES string of the molecule is O=C(NC1CCCS(=O)(=O)C1)c1ccc(Br)nc1. The van der Waals surface area contributed by atoms with E-state index in [-0.39, 0.29) is 23.5 Å². The number of carbonyl (C=O) groups is 1. The Balaban J connectivity index is 2.01. The highest BCUT2D eigenvalue weighted by molar-refractivity contribution is 9.10. The fourth-order valence-electron chi connectivity index (χ4n) is 1.92. The van der Waals surface area contributed by atoms with E-state index in [9.17, 15) is 13.2 Å². The van der Waals surface area contributed by atoms with E-state index in [0.717, 1.165) is 0 Å². The van der Waals surface area contributed by atoms with Gasteiger partial charge >= 0.3 is 0 Å². The number of carbonyl (C=O) groups excluding carboxylic acids is 1. The van der Waals surface area contributed by atoms with Crippen LogP contribution in [-0.4, -0.2) is 36.9 Å². The molecule has 0 saturated carbocycles. The molecule has 18 heavy (non-hydrogen) atoms. The molecule has 1 saturated heterocycles. The summed E-state index contributed by atoms with van der Waals surface area (Å²) in [6.07, 6.45) is 2.76. The maximum Gasteiger partial charge on any atom is 0.253 e. The highest BCUT2D eigenvalue weighted by Gasteiger charge is 2.26. The number of pyridine rings is 1. The third kappa shape index (κ3) is 3.52. The van der Waals surface area contributed by atoms with E-state index in [0.29, 0.717) is 23.0 Å². The van der Waals surface area contributed by atoms with Crippen molar-refractivity contribution in [2.24, 2.45) is 0 Å². The molecule has 0 radical (unpaired) electrons. The number of hydrogen-bond acceptors (Lipinski definition) is 4. The smallest absolute Gasteiger partial charge is 0.253 e. The molecule has 1 N–H and O–H groups in total. The molecule has 7 heteroatoms. The molecule has 1 amide bonds. The monoisotopic (exact) mass is 332 g/mol. The van der Waals surface area contributed by atoms with E-state index in [1.165, 1.54) is 6.20 Å². The van der Waals surface area contributed by atoms with Gasteiger partial charge in [-0.05, 0) is 40.9 Å². The Bertz CT molecular complexity index is 542. The largest absolute Gasteiger partial charge is 0.348 e. The van der Waals surface area contributed by atoms with Gasteiger partial charge < -0.3 is 5.32 Å². The van der Waals surface area contributed by atoms with Gasteiger partial charge in [0.05, 0.1) is 17.1 Å². The molecule has 0 spiro atoms. The first kappa shape index (κ1) is 13.5. The van der Waals surface area contributed by atoms with Gasteiger partial charge in [-0.2, -0.15) is 0 Å². The first-order valence-corrected chi connectivity index (χ1v) is 8.20. The van der Waals surface area contributed by atoms with Crippen LogP contribution in [-0.2, 0) is 9.84 Å². The molecule has 1 aliphatic heterocycles. The van der Waals surface area contributed by atoms with Crippen LogP contribution in [0.1, 0.15) is 23.2 Å². The molecule has 1 atom stereocenters. The first-order valence-electron chi connectivity index (χ1n) is 5.59. The molecule has 1 aliphatic rings. The van der Waals surface area contributed by atoms with E-state index >= 15 is 0 Å². The number of halogens is 1. The van der Waals surface area contributed by atoms with Crippen LogP contribution in [0.25, 0.3) is 0 Å². The van der Waals surface area contributed by atoms with E-state index in [1.807, 2.05) is 0 Å². The number of aromatic nitrogens is 1. The predicted molar refractivity (Wildman–Crippen MR) is 71.1 cm³/mol. The first-order chi connectivity index (χ1) is 8.46. The Kier molecular flexibility index (Phi) is 4.01. The second-order valence-electron chi connectivity index (χ2n) is 4.30. The van der Waals surface area contributed by atoms with Gasteiger partial charge in [-0.15, -0.1) is 0 Å². The molecular weight excluding hydrogens is 320 g/mol. The molecule has 0 bridgehead atoms. The summed E-state index contributed by atoms with van der Waals surface area (Å²) in [6.45, 7) is 0. The third-order valence-electron chi connectivity index (χ3n) is 2.79. The average molecular weight is 333 g/mol. The van der Waals surface area contributed by atoms with Gasteiger partial charge in [0, 0.05) is 12.2 Å². The summed E-state index contributed by atoms with van der Waals surface area (Å²) in [4.78, 5) is 15.8. The van der Waals surface area contributed by atoms with E-state index in [4.69, 9.17) is 0 Å². The minimum atomic E-state index is -3.00. The molecule has 2 heterocycles. The Hall–Kier alpha value is -0.950. The van der Waals surface area contributed by atoms with Crippen LogP contribution < -0.4 is 5.32 Å². The highest BCUT2D eigenvalue weighted by Crippen LogP contribution is 2.13. The van der Waals surface area contributed by atoms with Crippen molar-refractivity contribution in [2.75, 3.05) is 11.5 Å². The fourth-order valence-corrected chi connectivity index (χ4v) is 3.79. The van der Waals surface area contributed by atoms with Gasteiger partial charge in [0.25, 0.3) is 5.91 Å². The molecule has 0 aliphatic carbocycles. The molecular formula is C11H13BrN2O3S. The Labute approximate surface area is 114 Å². The summed E-state index contributed by atoms with van der Waals surface area (Å²) in [5.41, 5.74) is 0.432. The zero-order valence-corrected chi connectivity index (χ0v) is 12.0. The predicted octanol–water partition coefficient (Wildman–Crippen LogP) is 1.15. The number of rotatable bonds is 2. The molecule has 1 fully saturated rings. The van der Waals surface area contributed by atoms with Crippen molar-refractivity contribution in [3.05, 3.63) is 28.5 Å². The topological polar surface area (TPSA) is 76.1 Å². The van der Waals surface area contributed by atoms with Gasteiger partial charge in [0.15, 0.2) is 9.84 Å². The number of sulfone groups is 1. The standard InChI is InChI=1S/C11H13BrN2O3S/c12-10-4-3-8(6-13-10)11(15)14-9-2-1-5-18(16,17)7-9/h3-4,6,9H,1-2,5,7H2,(H,14,15). The summed E-state index contributed by atoms with van der Waals surface area (Å²) < 4.78 is 23.6. The van der Waals surface area contributed by atoms with Crippen molar-refractivity contribution in [1.82, 2.24) is 10.3 Å². The molecule has 5 nitrogen and oxygen atoms in total. The summed E-state index contributed by atoms with van der Waals surface area (Å²) in [5, 5.41) is 2.74. The lowest BCUT2D eigenvalue weighted by atomic mass is 10.1.